The highest BCUT2D eigenvalue weighted by atomic mass is 16.5. The smallest absolute Gasteiger partial charge is 0.215 e. The molecule has 140 valence electrons. The lowest BCUT2D eigenvalue weighted by molar-refractivity contribution is 0.110. The molecule has 1 saturated heterocycles. The van der Waals surface area contributed by atoms with Gasteiger partial charge in [0.25, 0.3) is 0 Å². The average molecular weight is 363 g/mol. The fourth-order valence-corrected chi connectivity index (χ4v) is 3.42. The molecule has 0 saturated carbocycles. The van der Waals surface area contributed by atoms with Gasteiger partial charge in [0.15, 0.2) is 0 Å². The van der Waals surface area contributed by atoms with E-state index in [1.165, 1.54) is 5.56 Å². The third-order valence-electron chi connectivity index (χ3n) is 5.04. The van der Waals surface area contributed by atoms with Crippen LogP contribution in [0.1, 0.15) is 18.4 Å². The minimum absolute atomic E-state index is 0.253. The van der Waals surface area contributed by atoms with Gasteiger partial charge in [-0.1, -0.05) is 12.1 Å². The molecule has 0 atom stereocenters. The Labute approximate surface area is 159 Å². The van der Waals surface area contributed by atoms with E-state index in [9.17, 15) is 0 Å². The molecule has 0 aliphatic carbocycles. The number of anilines is 2. The molecule has 0 amide bonds. The molecule has 1 aliphatic heterocycles. The van der Waals surface area contributed by atoms with Crippen LogP contribution in [0.3, 0.4) is 0 Å². The number of benzene rings is 1. The van der Waals surface area contributed by atoms with Gasteiger partial charge in [-0.25, -0.2) is 9.97 Å². The lowest BCUT2D eigenvalue weighted by Gasteiger charge is -2.29. The van der Waals surface area contributed by atoms with Gasteiger partial charge in [-0.3, -0.25) is 0 Å². The molecule has 4 rings (SSSR count). The van der Waals surface area contributed by atoms with E-state index in [0.717, 1.165) is 48.9 Å². The van der Waals surface area contributed by atoms with Gasteiger partial charge in [-0.2, -0.15) is 0 Å². The van der Waals surface area contributed by atoms with Crippen molar-refractivity contribution >= 4 is 22.3 Å². The van der Waals surface area contributed by atoms with Crippen LogP contribution < -0.4 is 15.8 Å². The van der Waals surface area contributed by atoms with Gasteiger partial charge in [0, 0.05) is 49.2 Å². The third-order valence-corrected chi connectivity index (χ3v) is 5.04. The Morgan fingerprint density at radius 2 is 1.93 bits per heavy atom. The first-order chi connectivity index (χ1) is 13.2. The van der Waals surface area contributed by atoms with Gasteiger partial charge < -0.3 is 20.7 Å². The lowest BCUT2D eigenvalue weighted by Crippen LogP contribution is -2.35. The maximum absolute atomic E-state index is 6.07. The number of nitrogens with two attached hydrogens (primary N) is 1. The van der Waals surface area contributed by atoms with Crippen LogP contribution in [0, 0.1) is 0 Å². The summed E-state index contributed by atoms with van der Waals surface area (Å²) in [5, 5.41) is 5.53. The van der Waals surface area contributed by atoms with E-state index in [-0.39, 0.29) is 6.10 Å². The molecule has 3 N–H and O–H groups in total. The highest BCUT2D eigenvalue weighted by Crippen LogP contribution is 2.22. The van der Waals surface area contributed by atoms with Gasteiger partial charge in [-0.05, 0) is 49.0 Å². The Hall–Kier alpha value is -2.86. The van der Waals surface area contributed by atoms with E-state index in [2.05, 4.69) is 39.4 Å². The van der Waals surface area contributed by atoms with Crippen molar-refractivity contribution in [3.8, 4) is 5.88 Å². The van der Waals surface area contributed by atoms with E-state index in [1.807, 2.05) is 24.3 Å². The zero-order chi connectivity index (χ0) is 18.6. The predicted molar refractivity (Wildman–Crippen MR) is 109 cm³/mol. The van der Waals surface area contributed by atoms with Crippen LogP contribution in [-0.2, 0) is 6.54 Å². The first-order valence-corrected chi connectivity index (χ1v) is 9.35. The number of rotatable bonds is 5. The molecule has 1 fully saturated rings. The van der Waals surface area contributed by atoms with Crippen molar-refractivity contribution in [1.29, 1.82) is 0 Å². The number of fused-ring (bicyclic) bond motifs is 1. The largest absolute Gasteiger partial charge is 0.474 e. The first-order valence-electron chi connectivity index (χ1n) is 9.35. The molecule has 2 aromatic heterocycles. The molecule has 0 radical (unpaired) electrons. The number of likely N-dealkylation sites (tertiary alicyclic amines) is 1. The van der Waals surface area contributed by atoms with Crippen molar-refractivity contribution in [3.63, 3.8) is 0 Å². The van der Waals surface area contributed by atoms with Crippen LogP contribution in [0.5, 0.6) is 5.88 Å². The van der Waals surface area contributed by atoms with Crippen LogP contribution >= 0.6 is 0 Å². The predicted octanol–water partition coefficient (Wildman–Crippen LogP) is 3.30. The van der Waals surface area contributed by atoms with E-state index in [1.54, 1.807) is 12.4 Å². The second-order valence-corrected chi connectivity index (χ2v) is 7.11. The van der Waals surface area contributed by atoms with Gasteiger partial charge in [-0.15, -0.1) is 0 Å². The zero-order valence-electron chi connectivity index (χ0n) is 15.6. The van der Waals surface area contributed by atoms with Crippen molar-refractivity contribution in [2.75, 3.05) is 31.2 Å². The van der Waals surface area contributed by atoms with E-state index < -0.39 is 0 Å². The summed E-state index contributed by atoms with van der Waals surface area (Å²) in [4.78, 5) is 10.8. The van der Waals surface area contributed by atoms with Gasteiger partial charge in [0.1, 0.15) is 11.9 Å². The number of hydrogen-bond acceptors (Lipinski definition) is 6. The molecule has 0 spiro atoms. The van der Waals surface area contributed by atoms with Crippen molar-refractivity contribution in [2.24, 2.45) is 0 Å². The standard InChI is InChI=1S/C21H25N5O/c1-26-10-6-18(7-11-26)27-20-13-17(5-9-23-20)25-14-15-2-3-19-16(12-15)4-8-24-21(19)22/h2-5,8-9,12-13,18H,6-7,10-11,14H2,1H3,(H2,22,24)(H,23,25). The second kappa shape index (κ2) is 7.80. The lowest BCUT2D eigenvalue weighted by atomic mass is 10.1. The third kappa shape index (κ3) is 4.28. The second-order valence-electron chi connectivity index (χ2n) is 7.11. The van der Waals surface area contributed by atoms with Crippen molar-refractivity contribution in [3.05, 3.63) is 54.4 Å². The maximum Gasteiger partial charge on any atom is 0.215 e. The topological polar surface area (TPSA) is 76.3 Å². The number of nitrogens with one attached hydrogen (secondary N) is 1. The van der Waals surface area contributed by atoms with E-state index in [0.29, 0.717) is 11.7 Å². The molecule has 27 heavy (non-hydrogen) atoms. The number of aromatic nitrogens is 2. The molecule has 6 heteroatoms. The average Bonchev–Trinajstić information content (AvgIpc) is 2.69. The summed E-state index contributed by atoms with van der Waals surface area (Å²) < 4.78 is 6.07. The highest BCUT2D eigenvalue weighted by molar-refractivity contribution is 5.91. The number of pyridine rings is 2. The van der Waals surface area contributed by atoms with Crippen LogP contribution in [-0.4, -0.2) is 41.1 Å². The molecular weight excluding hydrogens is 338 g/mol. The van der Waals surface area contributed by atoms with Crippen molar-refractivity contribution < 1.29 is 4.74 Å². The number of ether oxygens (including phenoxy) is 1. The molecule has 1 aromatic carbocycles. The van der Waals surface area contributed by atoms with E-state index in [4.69, 9.17) is 10.5 Å². The summed E-state index contributed by atoms with van der Waals surface area (Å²) in [6.07, 6.45) is 5.88. The quantitative estimate of drug-likeness (QED) is 0.724. The normalized spacial score (nSPS) is 15.7. The van der Waals surface area contributed by atoms with Crippen LogP contribution in [0.2, 0.25) is 0 Å². The summed E-state index contributed by atoms with van der Waals surface area (Å²) in [5.41, 5.74) is 8.11. The Kier molecular flexibility index (Phi) is 5.07. The summed E-state index contributed by atoms with van der Waals surface area (Å²) >= 11 is 0. The SMILES string of the molecule is CN1CCC(Oc2cc(NCc3ccc4c(N)nccc4c3)ccn2)CC1. The zero-order valence-corrected chi connectivity index (χ0v) is 15.6. The number of piperidine rings is 1. The highest BCUT2D eigenvalue weighted by Gasteiger charge is 2.18. The molecular formula is C21H25N5O. The van der Waals surface area contributed by atoms with Crippen LogP contribution in [0.25, 0.3) is 10.8 Å². The number of nitrogen functional groups attached to an aromatic ring is 1. The Bertz CT molecular complexity index is 921. The summed E-state index contributed by atoms with van der Waals surface area (Å²) in [6, 6.07) is 12.2. The fourth-order valence-electron chi connectivity index (χ4n) is 3.42. The molecule has 1 aliphatic rings. The summed E-state index contributed by atoms with van der Waals surface area (Å²) in [6.45, 7) is 2.87. The van der Waals surface area contributed by atoms with Gasteiger partial charge in [0.05, 0.1) is 0 Å². The van der Waals surface area contributed by atoms with Gasteiger partial charge >= 0.3 is 0 Å². The molecule has 6 nitrogen and oxygen atoms in total. The summed E-state index contributed by atoms with van der Waals surface area (Å²) in [7, 11) is 2.15. The Morgan fingerprint density at radius 3 is 2.78 bits per heavy atom. The fraction of sp³-hybridized carbons (Fsp3) is 0.333. The van der Waals surface area contributed by atoms with Gasteiger partial charge in [0.2, 0.25) is 5.88 Å². The molecule has 0 unspecified atom stereocenters. The monoisotopic (exact) mass is 363 g/mol. The van der Waals surface area contributed by atoms with Crippen molar-refractivity contribution in [1.82, 2.24) is 14.9 Å². The minimum Gasteiger partial charge on any atom is -0.474 e. The van der Waals surface area contributed by atoms with E-state index >= 15 is 0 Å². The Morgan fingerprint density at radius 1 is 1.11 bits per heavy atom. The molecule has 0 bridgehead atoms. The number of nitrogens with zero attached hydrogens (tertiary/aromatic N) is 3. The maximum atomic E-state index is 6.07. The van der Waals surface area contributed by atoms with Crippen LogP contribution in [0.4, 0.5) is 11.5 Å². The molecule has 3 aromatic rings. The van der Waals surface area contributed by atoms with Crippen LogP contribution in [0.15, 0.2) is 48.8 Å². The summed E-state index contributed by atoms with van der Waals surface area (Å²) in [5.74, 6) is 1.25. The first kappa shape index (κ1) is 17.5. The van der Waals surface area contributed by atoms with Crippen molar-refractivity contribution in [2.45, 2.75) is 25.5 Å². The molecule has 3 heterocycles. The minimum atomic E-state index is 0.253. The number of hydrogen-bond donors (Lipinski definition) is 2. The Balaban J connectivity index is 1.40.